The van der Waals surface area contributed by atoms with Crippen LogP contribution in [0.5, 0.6) is 0 Å². The van der Waals surface area contributed by atoms with Gasteiger partial charge in [-0.25, -0.2) is 0 Å². The fourth-order valence-corrected chi connectivity index (χ4v) is 3.16. The first-order valence-electron chi connectivity index (χ1n) is 5.51. The number of benzene rings is 1. The molecule has 0 bridgehead atoms. The molecule has 2 rings (SSSR count). The van der Waals surface area contributed by atoms with Gasteiger partial charge in [-0.1, -0.05) is 34.7 Å². The number of rotatable bonds is 4. The highest BCUT2D eigenvalue weighted by atomic mass is 35.5. The highest BCUT2D eigenvalue weighted by Gasteiger charge is 2.10. The molecule has 1 heterocycles. The third kappa shape index (κ3) is 3.93. The molecule has 0 aliphatic heterocycles. The Labute approximate surface area is 129 Å². The van der Waals surface area contributed by atoms with E-state index in [1.165, 1.54) is 23.1 Å². The molecule has 0 aliphatic rings. The standard InChI is InChI=1S/C12H9ClN4OS2/c1-7-16-17-12(20-7)19-6-11(18)15-10-4-9(13)3-2-8(10)5-14/h2-4H,6H2,1H3,(H,15,18). The van der Waals surface area contributed by atoms with E-state index in [9.17, 15) is 4.79 Å². The van der Waals surface area contributed by atoms with Crippen molar-refractivity contribution < 1.29 is 4.79 Å². The lowest BCUT2D eigenvalue weighted by atomic mass is 10.2. The van der Waals surface area contributed by atoms with Crippen LogP contribution in [0.3, 0.4) is 0 Å². The molecule has 5 nitrogen and oxygen atoms in total. The topological polar surface area (TPSA) is 78.7 Å². The lowest BCUT2D eigenvalue weighted by Crippen LogP contribution is -2.14. The lowest BCUT2D eigenvalue weighted by molar-refractivity contribution is -0.113. The molecule has 1 N–H and O–H groups in total. The van der Waals surface area contributed by atoms with Crippen LogP contribution in [0.2, 0.25) is 5.02 Å². The summed E-state index contributed by atoms with van der Waals surface area (Å²) in [5.74, 6) is -0.0203. The number of carbonyl (C=O) groups excluding carboxylic acids is 1. The van der Waals surface area contributed by atoms with E-state index in [4.69, 9.17) is 16.9 Å². The van der Waals surface area contributed by atoms with Crippen LogP contribution >= 0.6 is 34.7 Å². The molecule has 102 valence electrons. The van der Waals surface area contributed by atoms with Crippen LogP contribution in [0.25, 0.3) is 0 Å². The zero-order chi connectivity index (χ0) is 14.5. The normalized spacial score (nSPS) is 10.1. The highest BCUT2D eigenvalue weighted by molar-refractivity contribution is 8.01. The molecule has 20 heavy (non-hydrogen) atoms. The van der Waals surface area contributed by atoms with Crippen LogP contribution in [-0.4, -0.2) is 21.9 Å². The van der Waals surface area contributed by atoms with E-state index in [0.717, 1.165) is 9.35 Å². The number of amides is 1. The van der Waals surface area contributed by atoms with Crippen molar-refractivity contribution in [3.05, 3.63) is 33.8 Å². The number of halogens is 1. The SMILES string of the molecule is Cc1nnc(SCC(=O)Nc2cc(Cl)ccc2C#N)s1. The van der Waals surface area contributed by atoms with Gasteiger partial charge in [0.05, 0.1) is 17.0 Å². The quantitative estimate of drug-likeness (QED) is 0.874. The maximum Gasteiger partial charge on any atom is 0.234 e. The Morgan fingerprint density at radius 2 is 2.35 bits per heavy atom. The molecule has 0 aliphatic carbocycles. The zero-order valence-corrected chi connectivity index (χ0v) is 12.8. The van der Waals surface area contributed by atoms with Crippen molar-refractivity contribution in [3.63, 3.8) is 0 Å². The predicted octanol–water partition coefficient (Wildman–Crippen LogP) is 3.10. The van der Waals surface area contributed by atoms with Crippen molar-refractivity contribution in [2.24, 2.45) is 0 Å². The van der Waals surface area contributed by atoms with Gasteiger partial charge in [0.1, 0.15) is 11.1 Å². The Balaban J connectivity index is 1.98. The maximum absolute atomic E-state index is 11.8. The van der Waals surface area contributed by atoms with Crippen molar-refractivity contribution in [3.8, 4) is 6.07 Å². The Morgan fingerprint density at radius 1 is 1.55 bits per heavy atom. The Bertz CT molecular complexity index is 680. The molecule has 1 aromatic heterocycles. The molecule has 1 aromatic carbocycles. The molecule has 8 heteroatoms. The number of anilines is 1. The van der Waals surface area contributed by atoms with Crippen LogP contribution in [0, 0.1) is 18.3 Å². The van der Waals surface area contributed by atoms with Gasteiger partial charge in [-0.3, -0.25) is 4.79 Å². The molecular formula is C12H9ClN4OS2. The summed E-state index contributed by atoms with van der Waals surface area (Å²) in [4.78, 5) is 11.8. The second-order valence-corrected chi connectivity index (χ2v) is 6.57. The Hall–Kier alpha value is -1.62. The number of hydrogen-bond acceptors (Lipinski definition) is 6. The molecule has 0 spiro atoms. The van der Waals surface area contributed by atoms with E-state index < -0.39 is 0 Å². The number of nitrogens with one attached hydrogen (secondary N) is 1. The van der Waals surface area contributed by atoms with Crippen molar-refractivity contribution in [1.82, 2.24) is 10.2 Å². The number of nitriles is 1. The molecule has 0 radical (unpaired) electrons. The summed E-state index contributed by atoms with van der Waals surface area (Å²) in [5, 5.41) is 20.7. The van der Waals surface area contributed by atoms with Crippen LogP contribution in [0.1, 0.15) is 10.6 Å². The number of nitrogens with zero attached hydrogens (tertiary/aromatic N) is 3. The first-order chi connectivity index (χ1) is 9.58. The van der Waals surface area contributed by atoms with E-state index in [0.29, 0.717) is 16.3 Å². The summed E-state index contributed by atoms with van der Waals surface area (Å²) in [6.45, 7) is 1.85. The average molecular weight is 325 g/mol. The maximum atomic E-state index is 11.8. The van der Waals surface area contributed by atoms with Gasteiger partial charge in [0.25, 0.3) is 0 Å². The smallest absolute Gasteiger partial charge is 0.234 e. The summed E-state index contributed by atoms with van der Waals surface area (Å²) in [6.07, 6.45) is 0. The van der Waals surface area contributed by atoms with Gasteiger partial charge in [-0.15, -0.1) is 10.2 Å². The fourth-order valence-electron chi connectivity index (χ4n) is 1.37. The molecule has 0 atom stereocenters. The minimum atomic E-state index is -0.221. The van der Waals surface area contributed by atoms with Crippen LogP contribution in [-0.2, 0) is 4.79 Å². The number of aryl methyl sites for hydroxylation is 1. The zero-order valence-electron chi connectivity index (χ0n) is 10.4. The largest absolute Gasteiger partial charge is 0.324 e. The number of carbonyl (C=O) groups is 1. The fraction of sp³-hybridized carbons (Fsp3) is 0.167. The average Bonchev–Trinajstić information content (AvgIpc) is 2.83. The third-order valence-electron chi connectivity index (χ3n) is 2.21. The summed E-state index contributed by atoms with van der Waals surface area (Å²) >= 11 is 8.59. The molecule has 0 fully saturated rings. The van der Waals surface area contributed by atoms with E-state index >= 15 is 0 Å². The van der Waals surface area contributed by atoms with Crippen LogP contribution < -0.4 is 5.32 Å². The van der Waals surface area contributed by atoms with Crippen molar-refractivity contribution in [2.45, 2.75) is 11.3 Å². The van der Waals surface area contributed by atoms with E-state index in [1.54, 1.807) is 18.2 Å². The third-order valence-corrected chi connectivity index (χ3v) is 4.42. The lowest BCUT2D eigenvalue weighted by Gasteiger charge is -2.06. The van der Waals surface area contributed by atoms with Crippen LogP contribution in [0.4, 0.5) is 5.69 Å². The highest BCUT2D eigenvalue weighted by Crippen LogP contribution is 2.23. The van der Waals surface area contributed by atoms with E-state index in [-0.39, 0.29) is 11.7 Å². The van der Waals surface area contributed by atoms with Gasteiger partial charge in [-0.2, -0.15) is 5.26 Å². The van der Waals surface area contributed by atoms with Crippen molar-refractivity contribution >= 4 is 46.3 Å². The van der Waals surface area contributed by atoms with Crippen LogP contribution in [0.15, 0.2) is 22.5 Å². The van der Waals surface area contributed by atoms with Gasteiger partial charge < -0.3 is 5.32 Å². The first kappa shape index (κ1) is 14.8. The number of hydrogen-bond donors (Lipinski definition) is 1. The second kappa shape index (κ2) is 6.70. The minimum absolute atomic E-state index is 0.200. The molecule has 0 unspecified atom stereocenters. The molecule has 0 saturated heterocycles. The summed E-state index contributed by atoms with van der Waals surface area (Å²) in [7, 11) is 0. The van der Waals surface area contributed by atoms with E-state index in [2.05, 4.69) is 15.5 Å². The Morgan fingerprint density at radius 3 is 3.00 bits per heavy atom. The molecule has 1 amide bonds. The predicted molar refractivity (Wildman–Crippen MR) is 80.2 cm³/mol. The van der Waals surface area contributed by atoms with Gasteiger partial charge in [0.15, 0.2) is 4.34 Å². The van der Waals surface area contributed by atoms with Crippen molar-refractivity contribution in [2.75, 3.05) is 11.1 Å². The molecule has 2 aromatic rings. The number of thioether (sulfide) groups is 1. The van der Waals surface area contributed by atoms with Gasteiger partial charge in [-0.05, 0) is 25.1 Å². The molecular weight excluding hydrogens is 316 g/mol. The molecule has 0 saturated carbocycles. The summed E-state index contributed by atoms with van der Waals surface area (Å²) in [5.41, 5.74) is 0.790. The minimum Gasteiger partial charge on any atom is -0.324 e. The van der Waals surface area contributed by atoms with E-state index in [1.807, 2.05) is 13.0 Å². The first-order valence-corrected chi connectivity index (χ1v) is 7.69. The van der Waals surface area contributed by atoms with Gasteiger partial charge in [0, 0.05) is 5.02 Å². The number of aromatic nitrogens is 2. The summed E-state index contributed by atoms with van der Waals surface area (Å²) in [6, 6.07) is 6.73. The van der Waals surface area contributed by atoms with Gasteiger partial charge in [0.2, 0.25) is 5.91 Å². The van der Waals surface area contributed by atoms with Crippen molar-refractivity contribution in [1.29, 1.82) is 5.26 Å². The van der Waals surface area contributed by atoms with Gasteiger partial charge >= 0.3 is 0 Å². The summed E-state index contributed by atoms with van der Waals surface area (Å²) < 4.78 is 0.740. The monoisotopic (exact) mass is 324 g/mol. The Kier molecular flexibility index (Phi) is 4.95. The second-order valence-electron chi connectivity index (χ2n) is 3.73.